The van der Waals surface area contributed by atoms with E-state index in [0.29, 0.717) is 0 Å². The lowest BCUT2D eigenvalue weighted by Gasteiger charge is -2.12. The molecule has 0 aliphatic rings. The van der Waals surface area contributed by atoms with E-state index in [9.17, 15) is 0 Å². The molecule has 150 valence electrons. The van der Waals surface area contributed by atoms with Gasteiger partial charge in [0.25, 0.3) is 0 Å². The molecular formula is C19H26NO6S-. The first kappa shape index (κ1) is 22.8. The van der Waals surface area contributed by atoms with Gasteiger partial charge in [-0.2, -0.15) is 0 Å². The lowest BCUT2D eigenvalue weighted by molar-refractivity contribution is 0.389. The Morgan fingerprint density at radius 1 is 0.815 bits per heavy atom. The minimum absolute atomic E-state index is 0.808. The Labute approximate surface area is 162 Å². The molecule has 27 heavy (non-hydrogen) atoms. The molecule has 2 N–H and O–H groups in total. The van der Waals surface area contributed by atoms with E-state index in [1.165, 1.54) is 11.1 Å². The van der Waals surface area contributed by atoms with Crippen molar-refractivity contribution in [2.75, 3.05) is 28.4 Å². The van der Waals surface area contributed by atoms with Crippen molar-refractivity contribution in [3.05, 3.63) is 47.5 Å². The largest absolute Gasteiger partial charge is 0.760 e. The third-order valence-corrected chi connectivity index (χ3v) is 3.88. The van der Waals surface area contributed by atoms with Gasteiger partial charge in [-0.15, -0.1) is 0 Å². The van der Waals surface area contributed by atoms with Crippen LogP contribution in [0.25, 0.3) is 0 Å². The summed E-state index contributed by atoms with van der Waals surface area (Å²) in [4.78, 5) is 0. The van der Waals surface area contributed by atoms with E-state index in [1.54, 1.807) is 28.4 Å². The molecule has 0 radical (unpaired) electrons. The van der Waals surface area contributed by atoms with Gasteiger partial charge in [0.2, 0.25) is 0 Å². The SMILES string of the molecule is COc1ccc(CCCc2ccc(OC)cc2OC)c(OC)c1.NS(=O)[O-]. The summed E-state index contributed by atoms with van der Waals surface area (Å²) in [6.45, 7) is 0. The Morgan fingerprint density at radius 2 is 1.19 bits per heavy atom. The first-order valence-electron chi connectivity index (χ1n) is 8.20. The maximum Gasteiger partial charge on any atom is 0.125 e. The van der Waals surface area contributed by atoms with Gasteiger partial charge in [0.1, 0.15) is 23.0 Å². The third-order valence-electron chi connectivity index (χ3n) is 3.88. The number of nitrogens with two attached hydrogens (primary N) is 1. The second kappa shape index (κ2) is 12.2. The Morgan fingerprint density at radius 3 is 1.48 bits per heavy atom. The zero-order valence-electron chi connectivity index (χ0n) is 16.0. The Bertz CT molecular complexity index is 679. The number of ether oxygens (including phenoxy) is 4. The average Bonchev–Trinajstić information content (AvgIpc) is 2.67. The van der Waals surface area contributed by atoms with Crippen molar-refractivity contribution in [2.45, 2.75) is 19.3 Å². The van der Waals surface area contributed by atoms with Gasteiger partial charge >= 0.3 is 0 Å². The van der Waals surface area contributed by atoms with Crippen molar-refractivity contribution in [3.63, 3.8) is 0 Å². The molecule has 0 saturated carbocycles. The van der Waals surface area contributed by atoms with Crippen LogP contribution in [0.15, 0.2) is 36.4 Å². The molecule has 0 spiro atoms. The molecule has 0 saturated heterocycles. The summed E-state index contributed by atoms with van der Waals surface area (Å²) in [5, 5.41) is 4.03. The summed E-state index contributed by atoms with van der Waals surface area (Å²) in [5.41, 5.74) is 2.36. The topological polar surface area (TPSA) is 103 Å². The van der Waals surface area contributed by atoms with Crippen LogP contribution in [0.1, 0.15) is 17.5 Å². The lowest BCUT2D eigenvalue weighted by Crippen LogP contribution is -1.97. The Kier molecular flexibility index (Phi) is 10.2. The zero-order valence-corrected chi connectivity index (χ0v) is 16.8. The molecule has 8 heteroatoms. The van der Waals surface area contributed by atoms with E-state index >= 15 is 0 Å². The fraction of sp³-hybridized carbons (Fsp3) is 0.368. The molecule has 2 rings (SSSR count). The maximum absolute atomic E-state index is 8.78. The molecule has 0 heterocycles. The number of hydrogen-bond donors (Lipinski definition) is 1. The van der Waals surface area contributed by atoms with E-state index in [0.717, 1.165) is 42.3 Å². The second-order valence-corrected chi connectivity index (χ2v) is 5.99. The minimum atomic E-state index is -2.36. The van der Waals surface area contributed by atoms with Gasteiger partial charge in [0.05, 0.1) is 28.4 Å². The van der Waals surface area contributed by atoms with Gasteiger partial charge in [-0.1, -0.05) is 12.1 Å². The van der Waals surface area contributed by atoms with Crippen molar-refractivity contribution < 1.29 is 27.7 Å². The fourth-order valence-electron chi connectivity index (χ4n) is 2.59. The maximum atomic E-state index is 8.78. The van der Waals surface area contributed by atoms with Crippen LogP contribution >= 0.6 is 0 Å². The summed E-state index contributed by atoms with van der Waals surface area (Å²) >= 11 is -2.36. The van der Waals surface area contributed by atoms with Crippen LogP contribution < -0.4 is 24.1 Å². The smallest absolute Gasteiger partial charge is 0.125 e. The van der Waals surface area contributed by atoms with Gasteiger partial charge < -0.3 is 23.5 Å². The number of aryl methyl sites for hydroxylation is 2. The molecule has 2 aromatic rings. The highest BCUT2D eigenvalue weighted by Gasteiger charge is 2.08. The molecule has 0 fully saturated rings. The molecule has 2 aromatic carbocycles. The second-order valence-electron chi connectivity index (χ2n) is 5.47. The molecule has 1 unspecified atom stereocenters. The van der Waals surface area contributed by atoms with Crippen LogP contribution in [-0.4, -0.2) is 37.2 Å². The number of benzene rings is 2. The fourth-order valence-corrected chi connectivity index (χ4v) is 2.59. The standard InChI is InChI=1S/C19H24O4.H3NO2S/c1-20-16-10-8-14(18(12-16)22-3)6-5-7-15-9-11-17(21-2)13-19(15)23-4;1-4(2)3/h8-13H,5-7H2,1-4H3;1H2,(H,2,3)/p-1. The van der Waals surface area contributed by atoms with Crippen LogP contribution in [-0.2, 0) is 24.1 Å². The molecule has 0 aromatic heterocycles. The Hall–Kier alpha value is -2.29. The van der Waals surface area contributed by atoms with E-state index < -0.39 is 11.3 Å². The van der Waals surface area contributed by atoms with Crippen molar-refractivity contribution in [3.8, 4) is 23.0 Å². The van der Waals surface area contributed by atoms with Crippen molar-refractivity contribution in [1.29, 1.82) is 0 Å². The quantitative estimate of drug-likeness (QED) is 0.688. The van der Waals surface area contributed by atoms with Crippen molar-refractivity contribution in [1.82, 2.24) is 0 Å². The van der Waals surface area contributed by atoms with Gasteiger partial charge in [-0.3, -0.25) is 9.35 Å². The average molecular weight is 396 g/mol. The highest BCUT2D eigenvalue weighted by Crippen LogP contribution is 2.28. The minimum Gasteiger partial charge on any atom is -0.760 e. The van der Waals surface area contributed by atoms with Crippen LogP contribution in [0.2, 0.25) is 0 Å². The number of hydrogen-bond acceptors (Lipinski definition) is 6. The van der Waals surface area contributed by atoms with E-state index in [4.69, 9.17) is 27.7 Å². The highest BCUT2D eigenvalue weighted by atomic mass is 32.2. The lowest BCUT2D eigenvalue weighted by atomic mass is 10.0. The first-order chi connectivity index (χ1) is 12.9. The highest BCUT2D eigenvalue weighted by molar-refractivity contribution is 7.76. The molecule has 0 bridgehead atoms. The van der Waals surface area contributed by atoms with Crippen LogP contribution in [0, 0.1) is 0 Å². The van der Waals surface area contributed by atoms with E-state index in [-0.39, 0.29) is 0 Å². The van der Waals surface area contributed by atoms with Crippen molar-refractivity contribution in [2.24, 2.45) is 5.14 Å². The van der Waals surface area contributed by atoms with Gasteiger partial charge in [-0.25, -0.2) is 0 Å². The van der Waals surface area contributed by atoms with Gasteiger partial charge in [0.15, 0.2) is 0 Å². The normalized spacial score (nSPS) is 11.0. The monoisotopic (exact) mass is 396 g/mol. The summed E-state index contributed by atoms with van der Waals surface area (Å²) in [6, 6.07) is 11.9. The summed E-state index contributed by atoms with van der Waals surface area (Å²) in [6.07, 6.45) is 2.87. The molecule has 0 amide bonds. The van der Waals surface area contributed by atoms with Gasteiger partial charge in [0, 0.05) is 23.4 Å². The molecule has 7 nitrogen and oxygen atoms in total. The van der Waals surface area contributed by atoms with Gasteiger partial charge in [-0.05, 0) is 42.5 Å². The summed E-state index contributed by atoms with van der Waals surface area (Å²) in [7, 11) is 6.68. The predicted octanol–water partition coefficient (Wildman–Crippen LogP) is 2.64. The summed E-state index contributed by atoms with van der Waals surface area (Å²) in [5.74, 6) is 3.35. The van der Waals surface area contributed by atoms with Crippen LogP contribution in [0.5, 0.6) is 23.0 Å². The molecule has 1 atom stereocenters. The third kappa shape index (κ3) is 7.86. The Balaban J connectivity index is 0.000000828. The van der Waals surface area contributed by atoms with Crippen molar-refractivity contribution >= 4 is 11.3 Å². The van der Waals surface area contributed by atoms with Crippen LogP contribution in [0.3, 0.4) is 0 Å². The van der Waals surface area contributed by atoms with E-state index in [1.807, 2.05) is 24.3 Å². The molecule has 0 aliphatic carbocycles. The first-order valence-corrected chi connectivity index (χ1v) is 9.34. The summed E-state index contributed by atoms with van der Waals surface area (Å²) < 4.78 is 38.9. The number of methoxy groups -OCH3 is 4. The molecule has 0 aliphatic heterocycles. The van der Waals surface area contributed by atoms with Crippen LogP contribution in [0.4, 0.5) is 0 Å². The predicted molar refractivity (Wildman–Crippen MR) is 104 cm³/mol. The molecular weight excluding hydrogens is 370 g/mol. The van der Waals surface area contributed by atoms with E-state index in [2.05, 4.69) is 17.3 Å². The number of rotatable bonds is 8. The zero-order chi connectivity index (χ0) is 20.2.